The average Bonchev–Trinajstić information content (AvgIpc) is 3.68. The molecule has 2 fully saturated rings. The van der Waals surface area contributed by atoms with Crippen LogP contribution in [0, 0.1) is 18.8 Å². The summed E-state index contributed by atoms with van der Waals surface area (Å²) in [5.41, 5.74) is 2.52. The van der Waals surface area contributed by atoms with Crippen molar-refractivity contribution in [2.24, 2.45) is 11.8 Å². The van der Waals surface area contributed by atoms with Crippen LogP contribution < -0.4 is 15.4 Å². The minimum absolute atomic E-state index is 0.0433. The van der Waals surface area contributed by atoms with Gasteiger partial charge in [0.15, 0.2) is 0 Å². The molecule has 9 nitrogen and oxygen atoms in total. The van der Waals surface area contributed by atoms with Gasteiger partial charge in [-0.2, -0.15) is 0 Å². The van der Waals surface area contributed by atoms with Crippen molar-refractivity contribution in [1.82, 2.24) is 25.6 Å². The molecule has 5 rings (SSSR count). The number of alkyl halides is 2. The van der Waals surface area contributed by atoms with Gasteiger partial charge in [0, 0.05) is 28.9 Å². The molecule has 2 aliphatic carbocycles. The number of carbonyl (C=O) groups is 2. The Morgan fingerprint density at radius 1 is 1.18 bits per heavy atom. The Labute approximate surface area is 224 Å². The number of amides is 2. The summed E-state index contributed by atoms with van der Waals surface area (Å²) in [5, 5.41) is 14.9. The minimum Gasteiger partial charge on any atom is -0.493 e. The molecule has 2 amide bonds. The molecule has 3 unspecified atom stereocenters. The lowest BCUT2D eigenvalue weighted by molar-refractivity contribution is -0.124. The van der Waals surface area contributed by atoms with Gasteiger partial charge in [0.1, 0.15) is 29.9 Å². The van der Waals surface area contributed by atoms with Gasteiger partial charge in [-0.3, -0.25) is 9.59 Å². The number of aromatic amines is 1. The Hall–Kier alpha value is -3.60. The number of rotatable bonds is 9. The van der Waals surface area contributed by atoms with Crippen molar-refractivity contribution in [2.75, 3.05) is 13.2 Å². The quantitative estimate of drug-likeness (QED) is 0.323. The largest absolute Gasteiger partial charge is 0.493 e. The molecular weight excluding hydrogens is 508 g/mol. The zero-order valence-corrected chi connectivity index (χ0v) is 22.0. The predicted molar refractivity (Wildman–Crippen MR) is 141 cm³/mol. The van der Waals surface area contributed by atoms with E-state index in [4.69, 9.17) is 9.84 Å². The number of nitrogens with zero attached hydrogens (tertiary/aromatic N) is 2. The molecule has 0 radical (unpaired) electrons. The Bertz CT molecular complexity index is 1370. The molecule has 0 saturated heterocycles. The number of aryl methyl sites for hydroxylation is 1. The highest BCUT2D eigenvalue weighted by Crippen LogP contribution is 2.38. The number of carbonyl (C=O) groups excluding carboxylic acids is 2. The highest BCUT2D eigenvalue weighted by Gasteiger charge is 2.31. The Balaban J connectivity index is 1.42. The molecule has 0 aliphatic heterocycles. The Morgan fingerprint density at radius 2 is 1.97 bits per heavy atom. The minimum atomic E-state index is -2.65. The molecule has 4 N–H and O–H groups in total. The van der Waals surface area contributed by atoms with Crippen molar-refractivity contribution < 1.29 is 28.2 Å². The number of fused-ring (bicyclic) bond motifs is 1. The van der Waals surface area contributed by atoms with E-state index in [1.54, 1.807) is 13.0 Å². The number of nitrogens with one attached hydrogen (secondary N) is 3. The molecule has 2 aromatic heterocycles. The van der Waals surface area contributed by atoms with Crippen LogP contribution in [0.25, 0.3) is 22.3 Å². The van der Waals surface area contributed by atoms with E-state index in [1.165, 1.54) is 18.5 Å². The lowest BCUT2D eigenvalue weighted by Gasteiger charge is -2.35. The van der Waals surface area contributed by atoms with E-state index in [-0.39, 0.29) is 29.5 Å². The maximum absolute atomic E-state index is 13.6. The summed E-state index contributed by atoms with van der Waals surface area (Å²) in [6.07, 6.45) is 2.90. The lowest BCUT2D eigenvalue weighted by atomic mass is 9.82. The van der Waals surface area contributed by atoms with E-state index in [0.717, 1.165) is 12.8 Å². The van der Waals surface area contributed by atoms with Crippen molar-refractivity contribution in [3.05, 3.63) is 41.3 Å². The normalized spacial score (nSPS) is 21.2. The van der Waals surface area contributed by atoms with Gasteiger partial charge in [0.25, 0.3) is 12.3 Å². The first-order valence-electron chi connectivity index (χ1n) is 13.3. The van der Waals surface area contributed by atoms with Gasteiger partial charge in [-0.15, -0.1) is 0 Å². The van der Waals surface area contributed by atoms with E-state index in [2.05, 4.69) is 25.6 Å². The van der Waals surface area contributed by atoms with E-state index in [9.17, 15) is 18.4 Å². The zero-order valence-electron chi connectivity index (χ0n) is 22.0. The van der Waals surface area contributed by atoms with E-state index in [0.29, 0.717) is 71.1 Å². The SMILES string of the molecule is Cc1[nH]c2c(-c3cc(C(F)F)ccc3OCC3CC3)ncnc2c1C(=O)NC1CCC(NC(=O)CO)CC1C. The number of hydrogen-bond acceptors (Lipinski definition) is 6. The van der Waals surface area contributed by atoms with Crippen LogP contribution in [0.1, 0.15) is 67.1 Å². The van der Waals surface area contributed by atoms with Crippen LogP contribution in [-0.4, -0.2) is 57.2 Å². The van der Waals surface area contributed by atoms with Gasteiger partial charge >= 0.3 is 0 Å². The summed E-state index contributed by atoms with van der Waals surface area (Å²) in [6, 6.07) is 4.16. The van der Waals surface area contributed by atoms with Crippen LogP contribution in [0.5, 0.6) is 5.75 Å². The van der Waals surface area contributed by atoms with Gasteiger partial charge < -0.3 is 25.5 Å². The second-order valence-corrected chi connectivity index (χ2v) is 10.7. The molecule has 0 bridgehead atoms. The molecule has 208 valence electrons. The standard InChI is InChI=1S/C28H33F2N5O4/c1-14-9-18(34-22(37)11-36)6-7-20(14)35-28(38)23-15(2)33-26-24(31-13-32-25(23)26)19-10-17(27(29)30)5-8-21(19)39-12-16-3-4-16/h5,8,10,13-14,16,18,20,27,33,36H,3-4,6-7,9,11-12H2,1-2H3,(H,34,37)(H,35,38). The van der Waals surface area contributed by atoms with Gasteiger partial charge in [-0.05, 0) is 69.1 Å². The van der Waals surface area contributed by atoms with Crippen LogP contribution in [0.4, 0.5) is 8.78 Å². The first-order valence-corrected chi connectivity index (χ1v) is 13.3. The van der Waals surface area contributed by atoms with Crippen LogP contribution in [0.15, 0.2) is 24.5 Å². The summed E-state index contributed by atoms with van der Waals surface area (Å²) in [4.78, 5) is 37.0. The molecule has 2 heterocycles. The predicted octanol–water partition coefficient (Wildman–Crippen LogP) is 4.06. The third-order valence-electron chi connectivity index (χ3n) is 7.68. The molecule has 39 heavy (non-hydrogen) atoms. The maximum atomic E-state index is 13.6. The van der Waals surface area contributed by atoms with Crippen LogP contribution in [-0.2, 0) is 4.79 Å². The highest BCUT2D eigenvalue weighted by atomic mass is 19.3. The van der Waals surface area contributed by atoms with Gasteiger partial charge in [0.05, 0.1) is 17.7 Å². The summed E-state index contributed by atoms with van der Waals surface area (Å²) in [6.45, 7) is 3.75. The second kappa shape index (κ2) is 11.3. The third-order valence-corrected chi connectivity index (χ3v) is 7.68. The molecule has 11 heteroatoms. The first-order chi connectivity index (χ1) is 18.7. The highest BCUT2D eigenvalue weighted by molar-refractivity contribution is 6.09. The van der Waals surface area contributed by atoms with E-state index < -0.39 is 18.9 Å². The van der Waals surface area contributed by atoms with E-state index in [1.807, 2.05) is 6.92 Å². The van der Waals surface area contributed by atoms with E-state index >= 15 is 0 Å². The second-order valence-electron chi connectivity index (χ2n) is 10.7. The summed E-state index contributed by atoms with van der Waals surface area (Å²) < 4.78 is 33.2. The van der Waals surface area contributed by atoms with Gasteiger partial charge in [0.2, 0.25) is 5.91 Å². The summed E-state index contributed by atoms with van der Waals surface area (Å²) >= 11 is 0. The fourth-order valence-electron chi connectivity index (χ4n) is 5.35. The first kappa shape index (κ1) is 27.0. The van der Waals surface area contributed by atoms with Gasteiger partial charge in [-0.25, -0.2) is 18.7 Å². The van der Waals surface area contributed by atoms with Gasteiger partial charge in [-0.1, -0.05) is 6.92 Å². The lowest BCUT2D eigenvalue weighted by Crippen LogP contribution is -2.48. The smallest absolute Gasteiger partial charge is 0.263 e. The molecule has 3 atom stereocenters. The van der Waals surface area contributed by atoms with Crippen molar-refractivity contribution in [3.8, 4) is 17.0 Å². The van der Waals surface area contributed by atoms with Crippen molar-refractivity contribution in [2.45, 2.75) is 64.5 Å². The summed E-state index contributed by atoms with van der Waals surface area (Å²) in [7, 11) is 0. The maximum Gasteiger partial charge on any atom is 0.263 e. The molecule has 0 spiro atoms. The number of benzene rings is 1. The number of aliphatic hydroxyl groups excluding tert-OH is 1. The number of aromatic nitrogens is 3. The Kier molecular flexibility index (Phi) is 7.79. The molecule has 3 aromatic rings. The Morgan fingerprint density at radius 3 is 2.67 bits per heavy atom. The third kappa shape index (κ3) is 5.88. The fourth-order valence-corrected chi connectivity index (χ4v) is 5.35. The average molecular weight is 542 g/mol. The van der Waals surface area contributed by atoms with Crippen LogP contribution >= 0.6 is 0 Å². The molecule has 1 aromatic carbocycles. The van der Waals surface area contributed by atoms with Crippen molar-refractivity contribution >= 4 is 22.8 Å². The summed E-state index contributed by atoms with van der Waals surface area (Å²) in [5.74, 6) is 0.350. The zero-order chi connectivity index (χ0) is 27.7. The van der Waals surface area contributed by atoms with Crippen LogP contribution in [0.3, 0.4) is 0 Å². The molecular formula is C28H33F2N5O4. The monoisotopic (exact) mass is 541 g/mol. The number of ether oxygens (including phenoxy) is 1. The number of halogens is 2. The molecule has 2 saturated carbocycles. The number of aliphatic hydroxyl groups is 1. The number of hydrogen-bond donors (Lipinski definition) is 4. The van der Waals surface area contributed by atoms with Crippen molar-refractivity contribution in [1.29, 1.82) is 0 Å². The van der Waals surface area contributed by atoms with Crippen LogP contribution in [0.2, 0.25) is 0 Å². The molecule has 2 aliphatic rings. The number of H-pyrrole nitrogens is 1. The topological polar surface area (TPSA) is 129 Å². The van der Waals surface area contributed by atoms with Crippen molar-refractivity contribution in [3.63, 3.8) is 0 Å². The fraction of sp³-hybridized carbons (Fsp3) is 0.500.